The van der Waals surface area contributed by atoms with Crippen LogP contribution in [0.1, 0.15) is 13.3 Å². The lowest BCUT2D eigenvalue weighted by Crippen LogP contribution is -2.32. The molecule has 0 aliphatic rings. The van der Waals surface area contributed by atoms with E-state index < -0.39 is 6.10 Å². The van der Waals surface area contributed by atoms with Crippen molar-refractivity contribution in [3.8, 4) is 5.75 Å². The second kappa shape index (κ2) is 7.25. The van der Waals surface area contributed by atoms with Gasteiger partial charge >= 0.3 is 5.69 Å². The zero-order chi connectivity index (χ0) is 18.8. The molecule has 0 bridgehead atoms. The van der Waals surface area contributed by atoms with Crippen LogP contribution in [0.3, 0.4) is 0 Å². The minimum Gasteiger partial charge on any atom is -0.481 e. The van der Waals surface area contributed by atoms with Crippen LogP contribution in [0.5, 0.6) is 5.75 Å². The number of amides is 1. The van der Waals surface area contributed by atoms with Gasteiger partial charge in [0.05, 0.1) is 11.0 Å². The van der Waals surface area contributed by atoms with Gasteiger partial charge in [-0.05, 0) is 42.8 Å². The molecule has 1 N–H and O–H groups in total. The molecule has 136 valence electrons. The van der Waals surface area contributed by atoms with Gasteiger partial charge in [0.25, 0.3) is 5.91 Å². The largest absolute Gasteiger partial charge is 0.481 e. The Balaban J connectivity index is 1.80. The van der Waals surface area contributed by atoms with E-state index >= 15 is 0 Å². The quantitative estimate of drug-likeness (QED) is 0.746. The lowest BCUT2D eigenvalue weighted by Gasteiger charge is -2.17. The van der Waals surface area contributed by atoms with E-state index in [9.17, 15) is 9.59 Å². The molecule has 1 aromatic heterocycles. The molecular formula is C19H20ClN3O3. The highest BCUT2D eigenvalue weighted by atomic mass is 35.5. The molecule has 3 aromatic rings. The first-order valence-corrected chi connectivity index (χ1v) is 8.67. The molecule has 0 aliphatic heterocycles. The van der Waals surface area contributed by atoms with E-state index in [1.807, 2.05) is 13.0 Å². The fourth-order valence-electron chi connectivity index (χ4n) is 2.83. The van der Waals surface area contributed by atoms with E-state index in [0.717, 1.165) is 11.0 Å². The SMILES string of the molecule is CC[C@H](Oc1cccc(Cl)c1)C(=O)Nc1ccc2c(c1)n(C)c(=O)n2C. The molecule has 6 nitrogen and oxygen atoms in total. The van der Waals surface area contributed by atoms with Crippen LogP contribution in [-0.4, -0.2) is 21.1 Å². The normalized spacial score (nSPS) is 12.2. The van der Waals surface area contributed by atoms with Crippen LogP contribution in [-0.2, 0) is 18.9 Å². The molecule has 1 atom stereocenters. The molecule has 0 saturated carbocycles. The zero-order valence-electron chi connectivity index (χ0n) is 14.8. The fourth-order valence-corrected chi connectivity index (χ4v) is 3.01. The summed E-state index contributed by atoms with van der Waals surface area (Å²) in [6.45, 7) is 1.87. The topological polar surface area (TPSA) is 65.3 Å². The molecule has 0 radical (unpaired) electrons. The third-order valence-electron chi connectivity index (χ3n) is 4.28. The summed E-state index contributed by atoms with van der Waals surface area (Å²) in [5.41, 5.74) is 2.05. The monoisotopic (exact) mass is 373 g/mol. The lowest BCUT2D eigenvalue weighted by atomic mass is 10.2. The Hall–Kier alpha value is -2.73. The summed E-state index contributed by atoms with van der Waals surface area (Å²) in [5.74, 6) is 0.285. The van der Waals surface area contributed by atoms with E-state index in [4.69, 9.17) is 16.3 Å². The van der Waals surface area contributed by atoms with Crippen LogP contribution >= 0.6 is 11.6 Å². The number of hydrogen-bond donors (Lipinski definition) is 1. The van der Waals surface area contributed by atoms with Crippen LogP contribution in [0.25, 0.3) is 11.0 Å². The van der Waals surface area contributed by atoms with Gasteiger partial charge in [0.15, 0.2) is 6.10 Å². The van der Waals surface area contributed by atoms with Crippen molar-refractivity contribution in [3.05, 3.63) is 58.0 Å². The summed E-state index contributed by atoms with van der Waals surface area (Å²) >= 11 is 5.96. The summed E-state index contributed by atoms with van der Waals surface area (Å²) in [5, 5.41) is 3.40. The number of halogens is 1. The number of imidazole rings is 1. The number of carbonyl (C=O) groups is 1. The number of anilines is 1. The van der Waals surface area contributed by atoms with E-state index in [0.29, 0.717) is 22.9 Å². The van der Waals surface area contributed by atoms with Crippen LogP contribution in [0.2, 0.25) is 5.02 Å². The number of fused-ring (bicyclic) bond motifs is 1. The smallest absolute Gasteiger partial charge is 0.328 e. The van der Waals surface area contributed by atoms with Gasteiger partial charge in [0, 0.05) is 24.8 Å². The molecule has 2 aromatic carbocycles. The van der Waals surface area contributed by atoms with E-state index in [2.05, 4.69) is 5.32 Å². The highest BCUT2D eigenvalue weighted by Gasteiger charge is 2.19. The molecule has 0 unspecified atom stereocenters. The van der Waals surface area contributed by atoms with Crippen LogP contribution in [0, 0.1) is 0 Å². The number of hydrogen-bond acceptors (Lipinski definition) is 3. The van der Waals surface area contributed by atoms with Gasteiger partial charge in [-0.15, -0.1) is 0 Å². The molecule has 0 saturated heterocycles. The third-order valence-corrected chi connectivity index (χ3v) is 4.51. The number of rotatable bonds is 5. The number of ether oxygens (including phenoxy) is 1. The maximum absolute atomic E-state index is 12.6. The van der Waals surface area contributed by atoms with Crippen molar-refractivity contribution in [2.75, 3.05) is 5.32 Å². The third kappa shape index (κ3) is 3.46. The van der Waals surface area contributed by atoms with Crippen molar-refractivity contribution in [1.29, 1.82) is 0 Å². The van der Waals surface area contributed by atoms with Gasteiger partial charge in [0.2, 0.25) is 0 Å². The summed E-state index contributed by atoms with van der Waals surface area (Å²) in [6.07, 6.45) is -0.145. The molecule has 1 amide bonds. The molecule has 0 spiro atoms. The average molecular weight is 374 g/mol. The Morgan fingerprint density at radius 2 is 1.88 bits per heavy atom. The van der Waals surface area contributed by atoms with Crippen molar-refractivity contribution in [3.63, 3.8) is 0 Å². The Morgan fingerprint density at radius 3 is 2.58 bits per heavy atom. The number of aryl methyl sites for hydroxylation is 2. The van der Waals surface area contributed by atoms with Crippen molar-refractivity contribution in [1.82, 2.24) is 9.13 Å². The Kier molecular flexibility index (Phi) is 5.04. The molecule has 1 heterocycles. The minimum atomic E-state index is -0.649. The average Bonchev–Trinajstić information content (AvgIpc) is 2.84. The Labute approximate surface area is 155 Å². The standard InChI is InChI=1S/C19H20ClN3O3/c1-4-17(26-14-7-5-6-12(20)10-14)18(24)21-13-8-9-15-16(11-13)23(3)19(25)22(15)2/h5-11,17H,4H2,1-3H3,(H,21,24)/t17-/m0/s1. The maximum Gasteiger partial charge on any atom is 0.328 e. The predicted molar refractivity (Wildman–Crippen MR) is 103 cm³/mol. The van der Waals surface area contributed by atoms with E-state index in [1.165, 1.54) is 0 Å². The Bertz CT molecular complexity index is 1020. The fraction of sp³-hybridized carbons (Fsp3) is 0.263. The minimum absolute atomic E-state index is 0.112. The molecule has 26 heavy (non-hydrogen) atoms. The van der Waals surface area contributed by atoms with Crippen LogP contribution in [0.4, 0.5) is 5.69 Å². The van der Waals surface area contributed by atoms with Crippen molar-refractivity contribution < 1.29 is 9.53 Å². The molecular weight excluding hydrogens is 354 g/mol. The predicted octanol–water partition coefficient (Wildman–Crippen LogP) is 3.33. The van der Waals surface area contributed by atoms with Crippen molar-refractivity contribution in [2.45, 2.75) is 19.4 Å². The lowest BCUT2D eigenvalue weighted by molar-refractivity contribution is -0.122. The number of benzene rings is 2. The van der Waals surface area contributed by atoms with Gasteiger partial charge in [-0.2, -0.15) is 0 Å². The highest BCUT2D eigenvalue weighted by Crippen LogP contribution is 2.21. The summed E-state index contributed by atoms with van der Waals surface area (Å²) in [7, 11) is 3.42. The van der Waals surface area contributed by atoms with Gasteiger partial charge in [-0.25, -0.2) is 4.79 Å². The van der Waals surface area contributed by atoms with E-state index in [-0.39, 0.29) is 11.6 Å². The second-order valence-electron chi connectivity index (χ2n) is 6.07. The number of nitrogens with one attached hydrogen (secondary N) is 1. The summed E-state index contributed by atoms with van der Waals surface area (Å²) in [4.78, 5) is 24.6. The number of carbonyl (C=O) groups excluding carboxylic acids is 1. The van der Waals surface area contributed by atoms with Crippen molar-refractivity contribution >= 4 is 34.2 Å². The molecule has 0 aliphatic carbocycles. The van der Waals surface area contributed by atoms with Gasteiger partial charge < -0.3 is 10.1 Å². The van der Waals surface area contributed by atoms with Gasteiger partial charge in [-0.1, -0.05) is 24.6 Å². The first-order chi connectivity index (χ1) is 12.4. The first kappa shape index (κ1) is 18.1. The van der Waals surface area contributed by atoms with Crippen molar-refractivity contribution in [2.24, 2.45) is 14.1 Å². The number of nitrogens with zero attached hydrogens (tertiary/aromatic N) is 2. The van der Waals surface area contributed by atoms with Gasteiger partial charge in [-0.3, -0.25) is 13.9 Å². The number of aromatic nitrogens is 2. The van der Waals surface area contributed by atoms with Crippen LogP contribution in [0.15, 0.2) is 47.3 Å². The van der Waals surface area contributed by atoms with E-state index in [1.54, 1.807) is 59.6 Å². The first-order valence-electron chi connectivity index (χ1n) is 8.29. The van der Waals surface area contributed by atoms with Crippen LogP contribution < -0.4 is 15.7 Å². The molecule has 7 heteroatoms. The second-order valence-corrected chi connectivity index (χ2v) is 6.50. The summed E-state index contributed by atoms with van der Waals surface area (Å²) in [6, 6.07) is 12.3. The Morgan fingerprint density at radius 1 is 1.15 bits per heavy atom. The molecule has 0 fully saturated rings. The molecule has 3 rings (SSSR count). The summed E-state index contributed by atoms with van der Waals surface area (Å²) < 4.78 is 8.87. The van der Waals surface area contributed by atoms with Gasteiger partial charge in [0.1, 0.15) is 5.75 Å². The zero-order valence-corrected chi connectivity index (χ0v) is 15.6. The maximum atomic E-state index is 12.6. The highest BCUT2D eigenvalue weighted by molar-refractivity contribution is 6.30.